The van der Waals surface area contributed by atoms with Crippen LogP contribution in [0.25, 0.3) is 0 Å². The van der Waals surface area contributed by atoms with Crippen molar-refractivity contribution in [1.29, 1.82) is 0 Å². The fraction of sp³-hybridized carbons (Fsp3) is 1.00. The van der Waals surface area contributed by atoms with Crippen molar-refractivity contribution < 1.29 is 4.74 Å². The topological polar surface area (TPSA) is 31.0 Å². The molecule has 0 radical (unpaired) electrons. The molecule has 0 aliphatic carbocycles. The number of hydrogen-bond acceptors (Lipinski definition) is 6. The van der Waals surface area contributed by atoms with Crippen LogP contribution in [0.4, 0.5) is 0 Å². The maximum absolute atomic E-state index is 5.66. The number of thioether (sulfide) groups is 1. The Morgan fingerprint density at radius 3 is 2.24 bits per heavy atom. The number of morpholine rings is 1. The van der Waals surface area contributed by atoms with Crippen molar-refractivity contribution in [3.63, 3.8) is 0 Å². The second-order valence-corrected chi connectivity index (χ2v) is 9.34. The van der Waals surface area contributed by atoms with Crippen LogP contribution in [0.3, 0.4) is 0 Å². The van der Waals surface area contributed by atoms with Gasteiger partial charge in [-0.05, 0) is 27.2 Å². The molecule has 0 aromatic carbocycles. The Balaban J connectivity index is 1.72. The minimum atomic E-state index is 0.218. The quantitative estimate of drug-likeness (QED) is 0.756. The lowest BCUT2D eigenvalue weighted by molar-refractivity contribution is -0.0614. The molecular weight excluding hydrogens is 332 g/mol. The Morgan fingerprint density at radius 1 is 0.960 bits per heavy atom. The minimum Gasteiger partial charge on any atom is -0.379 e. The van der Waals surface area contributed by atoms with Crippen LogP contribution in [0.2, 0.25) is 0 Å². The van der Waals surface area contributed by atoms with Crippen molar-refractivity contribution in [2.75, 3.05) is 77.1 Å². The fourth-order valence-corrected chi connectivity index (χ4v) is 5.78. The van der Waals surface area contributed by atoms with Gasteiger partial charge in [0.05, 0.1) is 13.2 Å². The van der Waals surface area contributed by atoms with E-state index in [9.17, 15) is 0 Å². The first-order valence-corrected chi connectivity index (χ1v) is 11.4. The predicted octanol–water partition coefficient (Wildman–Crippen LogP) is 1.20. The molecule has 5 nitrogen and oxygen atoms in total. The van der Waals surface area contributed by atoms with Gasteiger partial charge in [0.2, 0.25) is 0 Å². The summed E-state index contributed by atoms with van der Waals surface area (Å²) in [5, 5.41) is 3.49. The molecular formula is C19H38N4OS. The van der Waals surface area contributed by atoms with Crippen LogP contribution in [0.15, 0.2) is 0 Å². The van der Waals surface area contributed by atoms with E-state index < -0.39 is 0 Å². The molecule has 0 aromatic rings. The molecule has 0 spiro atoms. The SMILES string of the molecule is CC(CC(C)(C(C)N1CCSCC1)N1CCOCC1)N1CCNCC1. The first-order chi connectivity index (χ1) is 12.1. The lowest BCUT2D eigenvalue weighted by Gasteiger charge is -2.53. The monoisotopic (exact) mass is 370 g/mol. The smallest absolute Gasteiger partial charge is 0.0594 e. The number of piperazine rings is 1. The van der Waals surface area contributed by atoms with E-state index in [1.807, 2.05) is 0 Å². The molecule has 3 aliphatic heterocycles. The fourth-order valence-electron chi connectivity index (χ4n) is 4.85. The maximum atomic E-state index is 5.66. The van der Waals surface area contributed by atoms with Crippen molar-refractivity contribution in [2.45, 2.75) is 44.8 Å². The lowest BCUT2D eigenvalue weighted by atomic mass is 9.82. The van der Waals surface area contributed by atoms with Crippen LogP contribution in [0.5, 0.6) is 0 Å². The summed E-state index contributed by atoms with van der Waals surface area (Å²) < 4.78 is 5.66. The Bertz CT molecular complexity index is 395. The standard InChI is InChI=1S/C19H38N4OS/c1-17(21-6-4-20-5-7-21)16-19(3,23-8-12-24-13-9-23)18(2)22-10-14-25-15-11-22/h17-18,20H,4-16H2,1-3H3. The molecule has 25 heavy (non-hydrogen) atoms. The molecule has 1 N–H and O–H groups in total. The third kappa shape index (κ3) is 4.90. The van der Waals surface area contributed by atoms with Crippen LogP contribution in [-0.4, -0.2) is 109 Å². The Labute approximate surface area is 158 Å². The van der Waals surface area contributed by atoms with Crippen LogP contribution in [0, 0.1) is 0 Å². The van der Waals surface area contributed by atoms with Crippen LogP contribution < -0.4 is 5.32 Å². The zero-order valence-electron chi connectivity index (χ0n) is 16.5. The highest BCUT2D eigenvalue weighted by Gasteiger charge is 2.42. The Morgan fingerprint density at radius 2 is 1.60 bits per heavy atom. The summed E-state index contributed by atoms with van der Waals surface area (Å²) in [5.41, 5.74) is 0.218. The Hall–Kier alpha value is 0.150. The highest BCUT2D eigenvalue weighted by molar-refractivity contribution is 7.99. The van der Waals surface area contributed by atoms with E-state index in [1.165, 1.54) is 44.1 Å². The van der Waals surface area contributed by atoms with Gasteiger partial charge in [-0.25, -0.2) is 0 Å². The molecule has 3 unspecified atom stereocenters. The van der Waals surface area contributed by atoms with E-state index in [2.05, 4.69) is 52.5 Å². The number of ether oxygens (including phenoxy) is 1. The summed E-state index contributed by atoms with van der Waals surface area (Å²) in [6, 6.07) is 1.23. The van der Waals surface area contributed by atoms with Crippen LogP contribution in [0.1, 0.15) is 27.2 Å². The van der Waals surface area contributed by atoms with Crippen molar-refractivity contribution in [3.05, 3.63) is 0 Å². The first-order valence-electron chi connectivity index (χ1n) is 10.2. The minimum absolute atomic E-state index is 0.218. The summed E-state index contributed by atoms with van der Waals surface area (Å²) in [4.78, 5) is 8.17. The Kier molecular flexibility index (Phi) is 7.46. The summed E-state index contributed by atoms with van der Waals surface area (Å²) in [6.07, 6.45) is 1.25. The molecule has 6 heteroatoms. The number of rotatable bonds is 6. The van der Waals surface area contributed by atoms with Crippen molar-refractivity contribution in [2.24, 2.45) is 0 Å². The molecule has 3 fully saturated rings. The van der Waals surface area contributed by atoms with E-state index in [4.69, 9.17) is 4.74 Å². The third-order valence-electron chi connectivity index (χ3n) is 6.71. The number of nitrogens with one attached hydrogen (secondary N) is 1. The first kappa shape index (κ1) is 19.9. The number of nitrogens with zero attached hydrogens (tertiary/aromatic N) is 3. The van der Waals surface area contributed by atoms with Crippen LogP contribution >= 0.6 is 11.8 Å². The number of hydrogen-bond donors (Lipinski definition) is 1. The molecule has 3 aliphatic rings. The molecule has 3 rings (SSSR count). The van der Waals surface area contributed by atoms with Gasteiger partial charge < -0.3 is 10.1 Å². The van der Waals surface area contributed by atoms with Crippen molar-refractivity contribution in [1.82, 2.24) is 20.0 Å². The lowest BCUT2D eigenvalue weighted by Crippen LogP contribution is -2.64. The summed E-state index contributed by atoms with van der Waals surface area (Å²) in [5.74, 6) is 2.58. The van der Waals surface area contributed by atoms with Crippen molar-refractivity contribution in [3.8, 4) is 0 Å². The summed E-state index contributed by atoms with van der Waals surface area (Å²) in [6.45, 7) is 18.5. The molecule has 0 saturated carbocycles. The maximum Gasteiger partial charge on any atom is 0.0594 e. The highest BCUT2D eigenvalue weighted by atomic mass is 32.2. The van der Waals surface area contributed by atoms with Gasteiger partial charge in [0.25, 0.3) is 0 Å². The summed E-state index contributed by atoms with van der Waals surface area (Å²) in [7, 11) is 0. The van der Waals surface area contributed by atoms with Gasteiger partial charge in [0.1, 0.15) is 0 Å². The zero-order valence-corrected chi connectivity index (χ0v) is 17.3. The summed E-state index contributed by atoms with van der Waals surface area (Å²) >= 11 is 2.11. The average Bonchev–Trinajstić information content (AvgIpc) is 2.69. The third-order valence-corrected chi connectivity index (χ3v) is 7.65. The van der Waals surface area contributed by atoms with Crippen molar-refractivity contribution >= 4 is 11.8 Å². The van der Waals surface area contributed by atoms with E-state index in [1.54, 1.807) is 0 Å². The largest absolute Gasteiger partial charge is 0.379 e. The van der Waals surface area contributed by atoms with Gasteiger partial charge in [-0.15, -0.1) is 0 Å². The van der Waals surface area contributed by atoms with E-state index >= 15 is 0 Å². The normalized spacial score (nSPS) is 29.9. The van der Waals surface area contributed by atoms with Gasteiger partial charge in [0.15, 0.2) is 0 Å². The molecule has 146 valence electrons. The van der Waals surface area contributed by atoms with E-state index in [-0.39, 0.29) is 5.54 Å². The van der Waals surface area contributed by atoms with Gasteiger partial charge in [-0.3, -0.25) is 14.7 Å². The van der Waals surface area contributed by atoms with Crippen LogP contribution in [-0.2, 0) is 4.74 Å². The molecule has 3 heterocycles. The second-order valence-electron chi connectivity index (χ2n) is 8.12. The van der Waals surface area contributed by atoms with E-state index in [0.29, 0.717) is 12.1 Å². The van der Waals surface area contributed by atoms with Gasteiger partial charge >= 0.3 is 0 Å². The van der Waals surface area contributed by atoms with Gasteiger partial charge in [-0.1, -0.05) is 0 Å². The molecule has 0 bridgehead atoms. The highest BCUT2D eigenvalue weighted by Crippen LogP contribution is 2.32. The van der Waals surface area contributed by atoms with Gasteiger partial charge in [-0.2, -0.15) is 11.8 Å². The van der Waals surface area contributed by atoms with E-state index in [0.717, 1.165) is 39.4 Å². The molecule has 0 amide bonds. The second kappa shape index (κ2) is 9.38. The van der Waals surface area contributed by atoms with Gasteiger partial charge in [0, 0.05) is 81.5 Å². The predicted molar refractivity (Wildman–Crippen MR) is 108 cm³/mol. The molecule has 0 aromatic heterocycles. The average molecular weight is 371 g/mol. The molecule has 3 atom stereocenters. The zero-order chi connectivity index (χ0) is 17.7. The molecule has 3 saturated heterocycles.